The number of benzene rings is 2. The molecule has 0 atom stereocenters. The molecule has 23 heavy (non-hydrogen) atoms. The van der Waals surface area contributed by atoms with Crippen LogP contribution in [0.4, 0.5) is 5.69 Å². The van der Waals surface area contributed by atoms with Gasteiger partial charge in [-0.2, -0.15) is 5.10 Å². The highest BCUT2D eigenvalue weighted by Crippen LogP contribution is 2.18. The van der Waals surface area contributed by atoms with Crippen molar-refractivity contribution in [3.8, 4) is 11.4 Å². The van der Waals surface area contributed by atoms with Gasteiger partial charge >= 0.3 is 0 Å². The lowest BCUT2D eigenvalue weighted by molar-refractivity contribution is 0.414. The molecule has 0 amide bonds. The van der Waals surface area contributed by atoms with Crippen LogP contribution in [0, 0.1) is 4.77 Å². The summed E-state index contributed by atoms with van der Waals surface area (Å²) in [5.74, 6) is 1.57. The van der Waals surface area contributed by atoms with Crippen LogP contribution in [0.15, 0.2) is 48.5 Å². The minimum absolute atomic E-state index is 0.513. The van der Waals surface area contributed by atoms with Gasteiger partial charge < -0.3 is 10.1 Å². The van der Waals surface area contributed by atoms with Crippen LogP contribution in [0.2, 0.25) is 5.02 Å². The van der Waals surface area contributed by atoms with Crippen LogP contribution in [0.25, 0.3) is 5.69 Å². The molecule has 0 spiro atoms. The number of nitrogens with zero attached hydrogens (tertiary/aromatic N) is 2. The Labute approximate surface area is 143 Å². The van der Waals surface area contributed by atoms with E-state index < -0.39 is 0 Å². The molecule has 3 aromatic rings. The highest BCUT2D eigenvalue weighted by molar-refractivity contribution is 7.71. The molecule has 3 rings (SSSR count). The molecule has 118 valence electrons. The highest BCUT2D eigenvalue weighted by Gasteiger charge is 2.08. The summed E-state index contributed by atoms with van der Waals surface area (Å²) in [6.07, 6.45) is 0. The smallest absolute Gasteiger partial charge is 0.199 e. The number of aromatic amines is 1. The molecule has 1 heterocycles. The number of aromatic nitrogens is 3. The molecule has 1 aromatic heterocycles. The minimum atomic E-state index is 0.513. The maximum absolute atomic E-state index is 5.99. The molecule has 2 N–H and O–H groups in total. The predicted octanol–water partition coefficient (Wildman–Crippen LogP) is 4.20. The van der Waals surface area contributed by atoms with Gasteiger partial charge in [-0.3, -0.25) is 9.67 Å². The fourth-order valence-electron chi connectivity index (χ4n) is 2.23. The molecule has 2 aromatic carbocycles. The first kappa shape index (κ1) is 15.6. The summed E-state index contributed by atoms with van der Waals surface area (Å²) in [6, 6.07) is 15.2. The second kappa shape index (κ2) is 6.85. The van der Waals surface area contributed by atoms with Crippen LogP contribution < -0.4 is 10.1 Å². The number of halogens is 1. The predicted molar refractivity (Wildman–Crippen MR) is 94.1 cm³/mol. The van der Waals surface area contributed by atoms with Gasteiger partial charge in [-0.15, -0.1) is 0 Å². The number of hydrogen-bond donors (Lipinski definition) is 2. The quantitative estimate of drug-likeness (QED) is 0.680. The molecule has 0 aliphatic rings. The number of methoxy groups -OCH3 is 1. The van der Waals surface area contributed by atoms with Crippen molar-refractivity contribution in [2.24, 2.45) is 0 Å². The Morgan fingerprint density at radius 3 is 2.74 bits per heavy atom. The van der Waals surface area contributed by atoms with Crippen molar-refractivity contribution in [1.29, 1.82) is 0 Å². The first-order valence-electron chi connectivity index (χ1n) is 6.97. The number of H-pyrrole nitrogens is 1. The van der Waals surface area contributed by atoms with Crippen LogP contribution >= 0.6 is 23.8 Å². The zero-order valence-electron chi connectivity index (χ0n) is 12.4. The fraction of sp³-hybridized carbons (Fsp3) is 0.125. The minimum Gasteiger partial charge on any atom is -0.497 e. The third kappa shape index (κ3) is 3.55. The van der Waals surface area contributed by atoms with Gasteiger partial charge in [0.15, 0.2) is 10.6 Å². The maximum atomic E-state index is 5.99. The molecule has 5 nitrogen and oxygen atoms in total. The average Bonchev–Trinajstić information content (AvgIpc) is 2.94. The molecular formula is C16H15ClN4OS. The number of ether oxygens (including phenoxy) is 1. The summed E-state index contributed by atoms with van der Waals surface area (Å²) in [6.45, 7) is 0.513. The van der Waals surface area contributed by atoms with E-state index in [-0.39, 0.29) is 0 Å². The van der Waals surface area contributed by atoms with Crippen molar-refractivity contribution in [3.05, 3.63) is 64.1 Å². The molecule has 0 saturated carbocycles. The van der Waals surface area contributed by atoms with Gasteiger partial charge in [0, 0.05) is 16.4 Å². The zero-order valence-corrected chi connectivity index (χ0v) is 14.0. The van der Waals surface area contributed by atoms with E-state index in [1.54, 1.807) is 7.11 Å². The van der Waals surface area contributed by atoms with Crippen molar-refractivity contribution in [2.75, 3.05) is 12.4 Å². The van der Waals surface area contributed by atoms with E-state index in [0.29, 0.717) is 16.3 Å². The van der Waals surface area contributed by atoms with Crippen molar-refractivity contribution in [2.45, 2.75) is 6.54 Å². The number of hydrogen-bond acceptors (Lipinski definition) is 4. The first-order valence-corrected chi connectivity index (χ1v) is 7.76. The lowest BCUT2D eigenvalue weighted by Crippen LogP contribution is -2.07. The van der Waals surface area contributed by atoms with E-state index in [2.05, 4.69) is 15.5 Å². The standard InChI is InChI=1S/C16H15ClN4OS/c1-22-14-7-5-13(6-8-14)21-15(19-20-16(21)23)10-18-12-4-2-3-11(17)9-12/h2-9,18H,10H2,1H3,(H,20,23). The zero-order chi connectivity index (χ0) is 16.2. The van der Waals surface area contributed by atoms with E-state index in [0.717, 1.165) is 22.9 Å². The van der Waals surface area contributed by atoms with Crippen LogP contribution in [0.3, 0.4) is 0 Å². The normalized spacial score (nSPS) is 10.5. The first-order chi connectivity index (χ1) is 11.2. The summed E-state index contributed by atoms with van der Waals surface area (Å²) in [5.41, 5.74) is 1.85. The third-order valence-electron chi connectivity index (χ3n) is 3.35. The Hall–Kier alpha value is -2.31. The Morgan fingerprint density at radius 2 is 2.04 bits per heavy atom. The highest BCUT2D eigenvalue weighted by atomic mass is 35.5. The van der Waals surface area contributed by atoms with Gasteiger partial charge in [-0.25, -0.2) is 0 Å². The van der Waals surface area contributed by atoms with Gasteiger partial charge in [-0.1, -0.05) is 17.7 Å². The molecule has 0 radical (unpaired) electrons. The summed E-state index contributed by atoms with van der Waals surface area (Å²) < 4.78 is 7.60. The molecule has 7 heteroatoms. The topological polar surface area (TPSA) is 54.9 Å². The second-order valence-corrected chi connectivity index (χ2v) is 5.67. The summed E-state index contributed by atoms with van der Waals surface area (Å²) in [5, 5.41) is 11.1. The Bertz CT molecular complexity index is 857. The molecule has 0 aliphatic carbocycles. The van der Waals surface area contributed by atoms with Gasteiger partial charge in [0.2, 0.25) is 0 Å². The Morgan fingerprint density at radius 1 is 1.26 bits per heavy atom. The van der Waals surface area contributed by atoms with Gasteiger partial charge in [0.25, 0.3) is 0 Å². The second-order valence-electron chi connectivity index (χ2n) is 4.84. The van der Waals surface area contributed by atoms with Crippen molar-refractivity contribution in [3.63, 3.8) is 0 Å². The summed E-state index contributed by atoms with van der Waals surface area (Å²) in [7, 11) is 1.64. The number of nitrogens with one attached hydrogen (secondary N) is 2. The summed E-state index contributed by atoms with van der Waals surface area (Å²) in [4.78, 5) is 0. The van der Waals surface area contributed by atoms with Crippen molar-refractivity contribution >= 4 is 29.5 Å². The third-order valence-corrected chi connectivity index (χ3v) is 3.86. The van der Waals surface area contributed by atoms with E-state index in [4.69, 9.17) is 28.6 Å². The molecule has 0 unspecified atom stereocenters. The number of rotatable bonds is 5. The van der Waals surface area contributed by atoms with Crippen LogP contribution in [-0.4, -0.2) is 21.9 Å². The Balaban J connectivity index is 1.85. The van der Waals surface area contributed by atoms with E-state index in [1.807, 2.05) is 53.1 Å². The lowest BCUT2D eigenvalue weighted by Gasteiger charge is -2.09. The summed E-state index contributed by atoms with van der Waals surface area (Å²) >= 11 is 11.3. The number of anilines is 1. The van der Waals surface area contributed by atoms with Crippen LogP contribution in [0.1, 0.15) is 5.82 Å². The Kier molecular flexibility index (Phi) is 4.64. The van der Waals surface area contributed by atoms with Crippen LogP contribution in [-0.2, 0) is 6.54 Å². The average molecular weight is 347 g/mol. The SMILES string of the molecule is COc1ccc(-n2c(CNc3cccc(Cl)c3)n[nH]c2=S)cc1. The molecule has 0 saturated heterocycles. The van der Waals surface area contributed by atoms with Crippen LogP contribution in [0.5, 0.6) is 5.75 Å². The van der Waals surface area contributed by atoms with Gasteiger partial charge in [0.05, 0.1) is 13.7 Å². The molecule has 0 bridgehead atoms. The van der Waals surface area contributed by atoms with Crippen molar-refractivity contribution < 1.29 is 4.74 Å². The monoisotopic (exact) mass is 346 g/mol. The molecule has 0 fully saturated rings. The van der Waals surface area contributed by atoms with E-state index >= 15 is 0 Å². The molecule has 0 aliphatic heterocycles. The van der Waals surface area contributed by atoms with E-state index in [9.17, 15) is 0 Å². The van der Waals surface area contributed by atoms with Gasteiger partial charge in [0.1, 0.15) is 5.75 Å². The van der Waals surface area contributed by atoms with Crippen molar-refractivity contribution in [1.82, 2.24) is 14.8 Å². The molecular weight excluding hydrogens is 332 g/mol. The fourth-order valence-corrected chi connectivity index (χ4v) is 2.67. The van der Waals surface area contributed by atoms with E-state index in [1.165, 1.54) is 0 Å². The van der Waals surface area contributed by atoms with Gasteiger partial charge in [-0.05, 0) is 54.7 Å². The maximum Gasteiger partial charge on any atom is 0.199 e. The lowest BCUT2D eigenvalue weighted by atomic mass is 10.3. The largest absolute Gasteiger partial charge is 0.497 e.